The van der Waals surface area contributed by atoms with Crippen molar-refractivity contribution in [1.29, 1.82) is 0 Å². The lowest BCUT2D eigenvalue weighted by Gasteiger charge is -2.08. The second-order valence-corrected chi connectivity index (χ2v) is 5.66. The predicted molar refractivity (Wildman–Crippen MR) is 87.4 cm³/mol. The van der Waals surface area contributed by atoms with Gasteiger partial charge in [0.2, 0.25) is 0 Å². The molecule has 23 heavy (non-hydrogen) atoms. The molecule has 3 heteroatoms. The van der Waals surface area contributed by atoms with Crippen LogP contribution in [0.5, 0.6) is 0 Å². The minimum atomic E-state index is -0.230. The molecule has 0 aliphatic heterocycles. The van der Waals surface area contributed by atoms with Crippen LogP contribution in [-0.2, 0) is 12.8 Å². The quantitative estimate of drug-likeness (QED) is 0.671. The summed E-state index contributed by atoms with van der Waals surface area (Å²) in [7, 11) is 0. The molecule has 3 aromatic rings. The first kappa shape index (κ1) is 15.3. The van der Waals surface area contributed by atoms with Crippen LogP contribution in [0.2, 0.25) is 0 Å². The lowest BCUT2D eigenvalue weighted by molar-refractivity contribution is 0.611. The van der Waals surface area contributed by atoms with Gasteiger partial charge in [-0.3, -0.25) is 4.98 Å². The lowest BCUT2D eigenvalue weighted by Crippen LogP contribution is -2.01. The summed E-state index contributed by atoms with van der Waals surface area (Å²) in [6.07, 6.45) is 0.858. The molecule has 2 aromatic carbocycles. The summed E-state index contributed by atoms with van der Waals surface area (Å²) in [5.74, 6) is -0.460. The van der Waals surface area contributed by atoms with Crippen LogP contribution in [0.4, 0.5) is 8.78 Å². The predicted octanol–water partition coefficient (Wildman–Crippen LogP) is 4.85. The first-order valence-corrected chi connectivity index (χ1v) is 7.55. The second-order valence-electron chi connectivity index (χ2n) is 5.66. The molecule has 0 saturated carbocycles. The molecule has 0 spiro atoms. The van der Waals surface area contributed by atoms with E-state index in [4.69, 9.17) is 0 Å². The van der Waals surface area contributed by atoms with Gasteiger partial charge in [0, 0.05) is 24.2 Å². The molecule has 3 rings (SSSR count). The summed E-state index contributed by atoms with van der Waals surface area (Å²) in [6.45, 7) is 1.97. The van der Waals surface area contributed by atoms with Crippen LogP contribution in [0.15, 0.2) is 60.7 Å². The summed E-state index contributed by atoms with van der Waals surface area (Å²) in [6, 6.07) is 17.3. The first-order valence-electron chi connectivity index (χ1n) is 7.55. The van der Waals surface area contributed by atoms with Crippen LogP contribution in [0.3, 0.4) is 0 Å². The van der Waals surface area contributed by atoms with Gasteiger partial charge in [-0.05, 0) is 47.9 Å². The van der Waals surface area contributed by atoms with Crippen molar-refractivity contribution in [2.45, 2.75) is 19.8 Å². The fourth-order valence-corrected chi connectivity index (χ4v) is 2.67. The van der Waals surface area contributed by atoms with Crippen LogP contribution < -0.4 is 0 Å². The molecule has 1 nitrogen and oxygen atoms in total. The Morgan fingerprint density at radius 2 is 1.17 bits per heavy atom. The highest BCUT2D eigenvalue weighted by molar-refractivity contribution is 5.30. The van der Waals surface area contributed by atoms with Crippen LogP contribution in [0.25, 0.3) is 0 Å². The van der Waals surface area contributed by atoms with E-state index < -0.39 is 0 Å². The Kier molecular flexibility index (Phi) is 4.47. The zero-order chi connectivity index (χ0) is 16.2. The van der Waals surface area contributed by atoms with E-state index in [2.05, 4.69) is 4.98 Å². The Morgan fingerprint density at radius 1 is 0.739 bits per heavy atom. The van der Waals surface area contributed by atoms with E-state index in [1.807, 2.05) is 31.2 Å². The Morgan fingerprint density at radius 3 is 1.61 bits per heavy atom. The number of rotatable bonds is 4. The zero-order valence-electron chi connectivity index (χ0n) is 12.9. The average Bonchev–Trinajstić information content (AvgIpc) is 2.51. The Labute approximate surface area is 134 Å². The molecule has 0 aliphatic carbocycles. The van der Waals surface area contributed by atoms with E-state index in [9.17, 15) is 8.78 Å². The normalized spacial score (nSPS) is 10.7. The van der Waals surface area contributed by atoms with Crippen molar-refractivity contribution in [3.63, 3.8) is 0 Å². The highest BCUT2D eigenvalue weighted by Gasteiger charge is 2.08. The number of pyridine rings is 1. The maximum atomic E-state index is 13.8. The minimum Gasteiger partial charge on any atom is -0.257 e. The molecule has 1 heterocycles. The molecule has 0 atom stereocenters. The first-order chi connectivity index (χ1) is 11.1. The topological polar surface area (TPSA) is 12.9 Å². The van der Waals surface area contributed by atoms with Crippen molar-refractivity contribution >= 4 is 0 Å². The Balaban J connectivity index is 1.88. The molecule has 116 valence electrons. The smallest absolute Gasteiger partial charge is 0.126 e. The van der Waals surface area contributed by atoms with Crippen molar-refractivity contribution in [1.82, 2.24) is 4.98 Å². The maximum absolute atomic E-state index is 13.8. The van der Waals surface area contributed by atoms with Crippen LogP contribution in [0.1, 0.15) is 28.1 Å². The third kappa shape index (κ3) is 3.81. The summed E-state index contributed by atoms with van der Waals surface area (Å²) < 4.78 is 27.6. The van der Waals surface area contributed by atoms with Gasteiger partial charge in [0.15, 0.2) is 0 Å². The van der Waals surface area contributed by atoms with Gasteiger partial charge in [-0.2, -0.15) is 0 Å². The van der Waals surface area contributed by atoms with E-state index in [0.717, 1.165) is 17.0 Å². The number of halogens is 2. The fraction of sp³-hybridized carbons (Fsp3) is 0.150. The number of hydrogen-bond acceptors (Lipinski definition) is 1. The van der Waals surface area contributed by atoms with Gasteiger partial charge in [0.05, 0.1) is 0 Å². The monoisotopic (exact) mass is 309 g/mol. The molecule has 0 fully saturated rings. The van der Waals surface area contributed by atoms with Crippen LogP contribution in [-0.4, -0.2) is 4.98 Å². The lowest BCUT2D eigenvalue weighted by atomic mass is 10.0. The summed E-state index contributed by atoms with van der Waals surface area (Å²) in [4.78, 5) is 4.57. The number of aryl methyl sites for hydroxylation is 1. The maximum Gasteiger partial charge on any atom is 0.126 e. The number of benzene rings is 2. The van der Waals surface area contributed by atoms with E-state index >= 15 is 0 Å². The Bertz CT molecular complexity index is 762. The minimum absolute atomic E-state index is 0.230. The molecule has 0 bridgehead atoms. The van der Waals surface area contributed by atoms with Gasteiger partial charge in [-0.1, -0.05) is 36.4 Å². The van der Waals surface area contributed by atoms with Gasteiger partial charge < -0.3 is 0 Å². The molecular formula is C20H17F2N. The molecule has 0 saturated heterocycles. The van der Waals surface area contributed by atoms with Crippen molar-refractivity contribution in [2.24, 2.45) is 0 Å². The van der Waals surface area contributed by atoms with Gasteiger partial charge in [-0.15, -0.1) is 0 Å². The largest absolute Gasteiger partial charge is 0.257 e. The standard InChI is InChI=1S/C20H17F2N/c1-14-10-17(12-15-6-2-4-8-19(15)21)23-18(11-14)13-16-7-3-5-9-20(16)22/h2-11H,12-13H2,1H3. The average molecular weight is 309 g/mol. The fourth-order valence-electron chi connectivity index (χ4n) is 2.67. The molecule has 0 unspecified atom stereocenters. The third-order valence-corrected chi connectivity index (χ3v) is 3.73. The van der Waals surface area contributed by atoms with Gasteiger partial charge in [0.1, 0.15) is 11.6 Å². The number of hydrogen-bond donors (Lipinski definition) is 0. The van der Waals surface area contributed by atoms with Crippen LogP contribution >= 0.6 is 0 Å². The summed E-state index contributed by atoms with van der Waals surface area (Å²) in [5, 5.41) is 0. The second kappa shape index (κ2) is 6.69. The summed E-state index contributed by atoms with van der Waals surface area (Å²) in [5.41, 5.74) is 3.85. The highest BCUT2D eigenvalue weighted by atomic mass is 19.1. The summed E-state index contributed by atoms with van der Waals surface area (Å²) >= 11 is 0. The van der Waals surface area contributed by atoms with Crippen molar-refractivity contribution in [3.05, 3.63) is 100 Å². The van der Waals surface area contributed by atoms with E-state index in [-0.39, 0.29) is 11.6 Å². The van der Waals surface area contributed by atoms with E-state index in [0.29, 0.717) is 24.0 Å². The number of nitrogens with zero attached hydrogens (tertiary/aromatic N) is 1. The van der Waals surface area contributed by atoms with Gasteiger partial charge >= 0.3 is 0 Å². The molecular weight excluding hydrogens is 292 g/mol. The number of aromatic nitrogens is 1. The van der Waals surface area contributed by atoms with Gasteiger partial charge in [0.25, 0.3) is 0 Å². The van der Waals surface area contributed by atoms with Crippen molar-refractivity contribution < 1.29 is 8.78 Å². The highest BCUT2D eigenvalue weighted by Crippen LogP contribution is 2.17. The Hall–Kier alpha value is -2.55. The molecule has 0 aliphatic rings. The molecule has 0 N–H and O–H groups in total. The zero-order valence-corrected chi connectivity index (χ0v) is 12.9. The molecule has 1 aromatic heterocycles. The van der Waals surface area contributed by atoms with E-state index in [1.54, 1.807) is 24.3 Å². The van der Waals surface area contributed by atoms with Crippen LogP contribution in [0, 0.1) is 18.6 Å². The van der Waals surface area contributed by atoms with Gasteiger partial charge in [-0.25, -0.2) is 8.78 Å². The third-order valence-electron chi connectivity index (χ3n) is 3.73. The van der Waals surface area contributed by atoms with E-state index in [1.165, 1.54) is 12.1 Å². The molecule has 0 amide bonds. The van der Waals surface area contributed by atoms with Crippen molar-refractivity contribution in [3.8, 4) is 0 Å². The van der Waals surface area contributed by atoms with Crippen molar-refractivity contribution in [2.75, 3.05) is 0 Å². The SMILES string of the molecule is Cc1cc(Cc2ccccc2F)nc(Cc2ccccc2F)c1. The molecule has 0 radical (unpaired) electrons.